The highest BCUT2D eigenvalue weighted by Gasteiger charge is 2.54. The van der Waals surface area contributed by atoms with E-state index in [2.05, 4.69) is 16.5 Å². The average Bonchev–Trinajstić information content (AvgIpc) is 3.35. The second kappa shape index (κ2) is 66.5. The fourth-order valence-electron chi connectivity index (χ4n) is 1.76. The van der Waals surface area contributed by atoms with E-state index in [0.29, 0.717) is 32.5 Å². The van der Waals surface area contributed by atoms with Gasteiger partial charge in [-0.3, -0.25) is 33.3 Å². The van der Waals surface area contributed by atoms with Crippen molar-refractivity contribution >= 4 is 35.9 Å². The van der Waals surface area contributed by atoms with Crippen LogP contribution in [0.4, 0.5) is 87.8 Å². The number of alkyl halides is 19. The first kappa shape index (κ1) is 95.3. The highest BCUT2D eigenvalue weighted by Crippen LogP contribution is 2.16. The van der Waals surface area contributed by atoms with Crippen molar-refractivity contribution in [2.45, 2.75) is 78.8 Å². The largest absolute Gasteiger partial charge is 0.591 e. The Morgan fingerprint density at radius 1 is 0.465 bits per heavy atom. The van der Waals surface area contributed by atoms with E-state index >= 15 is 0 Å². The zero-order valence-corrected chi connectivity index (χ0v) is 46.1. The van der Waals surface area contributed by atoms with Crippen LogP contribution in [0.25, 0.3) is 0 Å². The molecule has 0 fully saturated rings. The first-order valence-electron chi connectivity index (χ1n) is 19.4. The number of nitrogens with one attached hydrogen (secondary N) is 2. The first-order chi connectivity index (χ1) is 32.7. The summed E-state index contributed by atoms with van der Waals surface area (Å²) in [5.74, 6) is 0. The number of hydrogen-bond donors (Lipinski definition) is 4. The molecule has 0 heterocycles. The van der Waals surface area contributed by atoms with E-state index in [1.807, 2.05) is 6.92 Å². The molecular weight excluding hydrogens is 1100 g/mol. The van der Waals surface area contributed by atoms with Crippen molar-refractivity contribution in [3.8, 4) is 0 Å². The summed E-state index contributed by atoms with van der Waals surface area (Å²) >= 11 is 0. The van der Waals surface area contributed by atoms with E-state index in [1.54, 1.807) is 20.8 Å². The lowest BCUT2D eigenvalue weighted by molar-refractivity contribution is -0.142. The van der Waals surface area contributed by atoms with Gasteiger partial charge in [-0.1, -0.05) is 32.1 Å². The second-order valence-electron chi connectivity index (χ2n) is 10.4. The van der Waals surface area contributed by atoms with Crippen molar-refractivity contribution in [3.05, 3.63) is 19.3 Å². The molecule has 0 radical (unpaired) electrons. The molecule has 0 saturated carbocycles. The van der Waals surface area contributed by atoms with Crippen LogP contribution in [0, 0.1) is 6.67 Å². The predicted molar refractivity (Wildman–Crippen MR) is 236 cm³/mol. The summed E-state index contributed by atoms with van der Waals surface area (Å²) in [5, 5.41) is 11.2. The van der Waals surface area contributed by atoms with Gasteiger partial charge in [-0.25, -0.2) is 31.3 Å². The topological polar surface area (TPSA) is 168 Å². The lowest BCUT2D eigenvalue weighted by Gasteiger charge is -2.34. The minimum Gasteiger partial charge on any atom is -0.365 e. The molecule has 14 nitrogen and oxygen atoms in total. The van der Waals surface area contributed by atoms with Gasteiger partial charge in [0.25, 0.3) is 0 Å². The van der Waals surface area contributed by atoms with Crippen LogP contribution in [0.2, 0.25) is 0 Å². The van der Waals surface area contributed by atoms with Crippen molar-refractivity contribution in [3.63, 3.8) is 0 Å². The maximum Gasteiger partial charge on any atom is 0.591 e. The smallest absolute Gasteiger partial charge is 0.365 e. The Kier molecular flexibility index (Phi) is 89.3. The van der Waals surface area contributed by atoms with E-state index in [4.69, 9.17) is 54.4 Å². The fourth-order valence-corrected chi connectivity index (χ4v) is 9.97. The summed E-state index contributed by atoms with van der Waals surface area (Å²) in [6.45, 7) is 2.88. The van der Waals surface area contributed by atoms with E-state index in [1.165, 1.54) is 63.8 Å². The van der Waals surface area contributed by atoms with Gasteiger partial charge in [0.1, 0.15) is 12.9 Å². The van der Waals surface area contributed by atoms with Crippen molar-refractivity contribution in [2.24, 2.45) is 10.8 Å². The van der Waals surface area contributed by atoms with Crippen LogP contribution in [0.5, 0.6) is 0 Å². The third-order valence-corrected chi connectivity index (χ3v) is 14.9. The van der Waals surface area contributed by atoms with Crippen LogP contribution in [0.15, 0.2) is 12.7 Å². The minimum absolute atomic E-state index is 0.181. The number of nitrogens with two attached hydrogens (primary N) is 2. The van der Waals surface area contributed by atoms with Gasteiger partial charge < -0.3 is 43.6 Å². The summed E-state index contributed by atoms with van der Waals surface area (Å²) < 4.78 is 261. The Morgan fingerprint density at radius 2 is 0.662 bits per heavy atom. The molecular formula is C33H77F20N4O10Si4+. The quantitative estimate of drug-likeness (QED) is 0.0371. The van der Waals surface area contributed by atoms with Crippen LogP contribution in [-0.2, 0) is 43.6 Å². The van der Waals surface area contributed by atoms with E-state index in [0.717, 1.165) is 12.5 Å². The van der Waals surface area contributed by atoms with E-state index in [9.17, 15) is 87.8 Å². The first-order valence-corrected chi connectivity index (χ1v) is 26.5. The van der Waals surface area contributed by atoms with Gasteiger partial charge in [0.15, 0.2) is 20.0 Å². The van der Waals surface area contributed by atoms with Gasteiger partial charge in [0.05, 0.1) is 26.7 Å². The SMILES string of the molecule is C=C[CH+]F.CCCF.CCCF.CCCF.CCCN[Si](OC)(OC)O[Si](NCF)(OC)OC.CCF.CO[Si](N)(OC)O[Si](N)(OC)OC.FCC(F)(F)F.FCC(F)(F)F.FCC(F)(F)F.FCF. The van der Waals surface area contributed by atoms with E-state index in [-0.39, 0.29) is 26.7 Å². The maximum atomic E-state index is 12.5. The minimum atomic E-state index is -4.62. The molecule has 0 amide bonds. The summed E-state index contributed by atoms with van der Waals surface area (Å²) in [6, 6.07) is 0. The van der Waals surface area contributed by atoms with Crippen LogP contribution < -0.4 is 20.8 Å². The van der Waals surface area contributed by atoms with Crippen molar-refractivity contribution in [1.82, 2.24) is 9.96 Å². The molecule has 0 atom stereocenters. The highest BCUT2D eigenvalue weighted by molar-refractivity contribution is 6.72. The Balaban J connectivity index is -0.0000000664. The molecule has 0 bridgehead atoms. The molecule has 0 aliphatic heterocycles. The molecule has 444 valence electrons. The molecule has 0 aromatic heterocycles. The van der Waals surface area contributed by atoms with Crippen molar-refractivity contribution in [1.29, 1.82) is 0 Å². The fraction of sp³-hybridized carbons (Fsp3) is 0.909. The lowest BCUT2D eigenvalue weighted by Crippen LogP contribution is -2.70. The van der Waals surface area contributed by atoms with Gasteiger partial charge in [0, 0.05) is 63.5 Å². The molecule has 0 saturated heterocycles. The third-order valence-electron chi connectivity index (χ3n) is 4.75. The molecule has 0 aromatic carbocycles. The molecule has 0 unspecified atom stereocenters. The van der Waals surface area contributed by atoms with Gasteiger partial charge in [-0.05, 0) is 39.2 Å². The van der Waals surface area contributed by atoms with E-state index < -0.39 is 88.1 Å². The van der Waals surface area contributed by atoms with Crippen LogP contribution >= 0.6 is 0 Å². The zero-order chi connectivity index (χ0) is 59.3. The summed E-state index contributed by atoms with van der Waals surface area (Å²) in [4.78, 5) is 5.49. The van der Waals surface area contributed by atoms with Gasteiger partial charge >= 0.3 is 54.4 Å². The lowest BCUT2D eigenvalue weighted by atomic mass is 10.5. The summed E-state index contributed by atoms with van der Waals surface area (Å²) in [7, 11) is -1.72. The predicted octanol–water partition coefficient (Wildman–Crippen LogP) is 10.2. The molecule has 0 aliphatic rings. The summed E-state index contributed by atoms with van der Waals surface area (Å²) in [5.41, 5.74) is 0. The molecule has 0 spiro atoms. The summed E-state index contributed by atoms with van der Waals surface area (Å²) in [6.07, 6.45) is -9.96. The van der Waals surface area contributed by atoms with Gasteiger partial charge in [-0.15, -0.1) is 0 Å². The molecule has 0 aromatic rings. The van der Waals surface area contributed by atoms with Crippen LogP contribution in [0.3, 0.4) is 0 Å². The number of rotatable bonds is 21. The highest BCUT2D eigenvalue weighted by atomic mass is 28.5. The van der Waals surface area contributed by atoms with Gasteiger partial charge in [-0.2, -0.15) is 39.5 Å². The standard InChI is InChI=1S/C8H23FN2O5Si2.C4H16N2O5Si2.3C3H7F.C3H4F.3C2H2F4.C2H5F.CH2F2/c1-6-7-10-17(12-2,13-3)16-18(14-4,15-5)11-8-9;1-7-12(5,8-2)11-13(6,9-3)10-4;4*1-2-3-4;3*3-1-2(4,5)6;1-2-3;2-1-3/h10-11H,6-8H2,1-5H3;5-6H2,1-4H3;3*2-3H2,1H3;2-3H,1H2;3*1H2;2H2,1H3;1H2/q;;;;;+1;;;;;. The molecule has 0 aliphatic carbocycles. The number of allylic oxidation sites excluding steroid dienone is 1. The molecule has 0 rings (SSSR count). The van der Waals surface area contributed by atoms with Crippen LogP contribution in [0.1, 0.15) is 60.3 Å². The monoisotopic (exact) mass is 1180 g/mol. The van der Waals surface area contributed by atoms with Crippen molar-refractivity contribution < 1.29 is 131 Å². The normalized spacial score (nSPS) is 10.9. The maximum absolute atomic E-state index is 12.5. The Labute approximate surface area is 409 Å². The second-order valence-corrected chi connectivity index (χ2v) is 20.7. The third kappa shape index (κ3) is 94.9. The zero-order valence-electron chi connectivity index (χ0n) is 42.1. The molecule has 38 heteroatoms. The molecule has 71 heavy (non-hydrogen) atoms. The Morgan fingerprint density at radius 3 is 0.775 bits per heavy atom. The molecule has 6 N–H and O–H groups in total. The Hall–Kier alpha value is -1.48. The Bertz CT molecular complexity index is 902. The average molecular weight is 1180 g/mol. The van der Waals surface area contributed by atoms with Crippen LogP contribution in [-0.4, -0.2) is 178 Å². The number of hydrogen-bond acceptors (Lipinski definition) is 14. The van der Waals surface area contributed by atoms with Gasteiger partial charge in [0.2, 0.25) is 13.6 Å². The van der Waals surface area contributed by atoms with Crippen molar-refractivity contribution in [2.75, 3.05) is 124 Å². The number of halogens is 20.